The first-order chi connectivity index (χ1) is 9.15. The van der Waals surface area contributed by atoms with E-state index < -0.39 is 5.41 Å². The van der Waals surface area contributed by atoms with Gasteiger partial charge in [0.2, 0.25) is 5.91 Å². The Kier molecular flexibility index (Phi) is 5.20. The van der Waals surface area contributed by atoms with Crippen LogP contribution in [0.2, 0.25) is 0 Å². The van der Waals surface area contributed by atoms with Crippen molar-refractivity contribution < 1.29 is 4.79 Å². The number of rotatable bonds is 5. The first kappa shape index (κ1) is 14.8. The maximum Gasteiger partial charge on any atom is 0.233 e. The number of hydrogen-bond donors (Lipinski definition) is 2. The number of amides is 1. The molecule has 0 saturated heterocycles. The van der Waals surface area contributed by atoms with E-state index in [-0.39, 0.29) is 5.91 Å². The molecule has 0 radical (unpaired) electrons. The molecule has 0 aromatic heterocycles. The number of nitrogens with two attached hydrogens (primary N) is 1. The van der Waals surface area contributed by atoms with E-state index in [1.54, 1.807) is 0 Å². The summed E-state index contributed by atoms with van der Waals surface area (Å²) in [7, 11) is 0. The van der Waals surface area contributed by atoms with Gasteiger partial charge in [-0.2, -0.15) is 0 Å². The summed E-state index contributed by atoms with van der Waals surface area (Å²) in [5.74, 6) is 0.913. The highest BCUT2D eigenvalue weighted by Gasteiger charge is 2.41. The van der Waals surface area contributed by atoms with Crippen molar-refractivity contribution in [3.8, 4) is 0 Å². The number of carbonyl (C=O) groups excluding carboxylic acids is 1. The van der Waals surface area contributed by atoms with Crippen LogP contribution in [0.15, 0.2) is 0 Å². The van der Waals surface area contributed by atoms with Crippen LogP contribution in [-0.4, -0.2) is 17.4 Å². The Morgan fingerprint density at radius 2 is 1.79 bits per heavy atom. The zero-order valence-electron chi connectivity index (χ0n) is 11.7. The van der Waals surface area contributed by atoms with Crippen LogP contribution in [0, 0.1) is 11.3 Å². The van der Waals surface area contributed by atoms with Crippen LogP contribution in [0.1, 0.15) is 64.2 Å². The van der Waals surface area contributed by atoms with Gasteiger partial charge in [-0.25, -0.2) is 0 Å². The predicted molar refractivity (Wildman–Crippen MR) is 81.9 cm³/mol. The van der Waals surface area contributed by atoms with Gasteiger partial charge in [0.15, 0.2) is 0 Å². The van der Waals surface area contributed by atoms with Gasteiger partial charge in [0, 0.05) is 6.54 Å². The molecule has 2 aliphatic carbocycles. The average molecular weight is 282 g/mol. The van der Waals surface area contributed by atoms with Crippen molar-refractivity contribution in [3.63, 3.8) is 0 Å². The minimum absolute atomic E-state index is 0.0845. The number of hydrogen-bond acceptors (Lipinski definition) is 2. The standard InChI is InChI=1S/C15H26N2OS/c16-13(19)15(9-3-1-2-4-10-15)14(18)17-11-8-12-6-5-7-12/h12H,1-11H2,(H2,16,19)(H,17,18). The fraction of sp³-hybridized carbons (Fsp3) is 0.867. The van der Waals surface area contributed by atoms with Gasteiger partial charge in [0.25, 0.3) is 0 Å². The third kappa shape index (κ3) is 3.47. The Hall–Kier alpha value is -0.640. The van der Waals surface area contributed by atoms with E-state index in [0.717, 1.165) is 44.6 Å². The summed E-state index contributed by atoms with van der Waals surface area (Å²) in [6.45, 7) is 0.786. The predicted octanol–water partition coefficient (Wildman–Crippen LogP) is 2.92. The highest BCUT2D eigenvalue weighted by atomic mass is 32.1. The van der Waals surface area contributed by atoms with E-state index in [0.29, 0.717) is 4.99 Å². The molecular weight excluding hydrogens is 256 g/mol. The maximum atomic E-state index is 12.5. The molecule has 2 fully saturated rings. The zero-order valence-corrected chi connectivity index (χ0v) is 12.6. The number of nitrogens with one attached hydrogen (secondary N) is 1. The first-order valence-corrected chi connectivity index (χ1v) is 8.14. The van der Waals surface area contributed by atoms with Crippen molar-refractivity contribution in [2.75, 3.05) is 6.54 Å². The molecule has 0 aromatic rings. The molecule has 0 spiro atoms. The normalized spacial score (nSPS) is 23.2. The van der Waals surface area contributed by atoms with E-state index in [1.807, 2.05) is 0 Å². The van der Waals surface area contributed by atoms with Crippen LogP contribution in [0.4, 0.5) is 0 Å². The van der Waals surface area contributed by atoms with Crippen LogP contribution in [0.5, 0.6) is 0 Å². The number of thiocarbonyl (C=S) groups is 1. The Labute approximate surface area is 121 Å². The van der Waals surface area contributed by atoms with Crippen molar-refractivity contribution in [2.24, 2.45) is 17.1 Å². The average Bonchev–Trinajstić information content (AvgIpc) is 2.58. The van der Waals surface area contributed by atoms with Gasteiger partial charge in [-0.05, 0) is 25.2 Å². The lowest BCUT2D eigenvalue weighted by atomic mass is 9.79. The molecule has 108 valence electrons. The van der Waals surface area contributed by atoms with Gasteiger partial charge in [-0.1, -0.05) is 57.2 Å². The monoisotopic (exact) mass is 282 g/mol. The van der Waals surface area contributed by atoms with Crippen molar-refractivity contribution in [1.29, 1.82) is 0 Å². The first-order valence-electron chi connectivity index (χ1n) is 7.73. The molecule has 1 amide bonds. The summed E-state index contributed by atoms with van der Waals surface area (Å²) in [5, 5.41) is 3.10. The highest BCUT2D eigenvalue weighted by Crippen LogP contribution is 2.36. The summed E-state index contributed by atoms with van der Waals surface area (Å²) >= 11 is 5.22. The van der Waals surface area contributed by atoms with Crippen LogP contribution in [-0.2, 0) is 4.79 Å². The Balaban J connectivity index is 1.89. The lowest BCUT2D eigenvalue weighted by Gasteiger charge is -2.31. The molecule has 0 bridgehead atoms. The molecule has 2 aliphatic rings. The van der Waals surface area contributed by atoms with E-state index in [1.165, 1.54) is 32.1 Å². The molecule has 0 heterocycles. The van der Waals surface area contributed by atoms with Crippen molar-refractivity contribution in [1.82, 2.24) is 5.32 Å². The summed E-state index contributed by atoms with van der Waals surface area (Å²) < 4.78 is 0. The Bertz CT molecular complexity index is 331. The Morgan fingerprint density at radius 1 is 1.16 bits per heavy atom. The lowest BCUT2D eigenvalue weighted by Crippen LogP contribution is -2.49. The third-order valence-electron chi connectivity index (χ3n) is 4.93. The van der Waals surface area contributed by atoms with Gasteiger partial charge >= 0.3 is 0 Å². The fourth-order valence-electron chi connectivity index (χ4n) is 3.26. The fourth-order valence-corrected chi connectivity index (χ4v) is 3.55. The third-order valence-corrected chi connectivity index (χ3v) is 5.32. The van der Waals surface area contributed by atoms with Crippen molar-refractivity contribution in [3.05, 3.63) is 0 Å². The van der Waals surface area contributed by atoms with Gasteiger partial charge in [0.1, 0.15) is 0 Å². The Morgan fingerprint density at radius 3 is 2.26 bits per heavy atom. The molecular formula is C15H26N2OS. The minimum Gasteiger partial charge on any atom is -0.392 e. The summed E-state index contributed by atoms with van der Waals surface area (Å²) in [5.41, 5.74) is 5.35. The number of carbonyl (C=O) groups is 1. The van der Waals surface area contributed by atoms with E-state index >= 15 is 0 Å². The van der Waals surface area contributed by atoms with E-state index in [4.69, 9.17) is 18.0 Å². The topological polar surface area (TPSA) is 55.1 Å². The zero-order chi connectivity index (χ0) is 13.7. The van der Waals surface area contributed by atoms with Crippen molar-refractivity contribution in [2.45, 2.75) is 64.2 Å². The molecule has 4 heteroatoms. The molecule has 0 unspecified atom stereocenters. The molecule has 0 aromatic carbocycles. The molecule has 3 nitrogen and oxygen atoms in total. The highest BCUT2D eigenvalue weighted by molar-refractivity contribution is 7.80. The van der Waals surface area contributed by atoms with Crippen LogP contribution >= 0.6 is 12.2 Å². The molecule has 2 rings (SSSR count). The van der Waals surface area contributed by atoms with E-state index in [2.05, 4.69) is 5.32 Å². The summed E-state index contributed by atoms with van der Waals surface area (Å²) in [4.78, 5) is 12.9. The maximum absolute atomic E-state index is 12.5. The van der Waals surface area contributed by atoms with Crippen LogP contribution in [0.3, 0.4) is 0 Å². The second-order valence-corrected chi connectivity index (χ2v) is 6.64. The van der Waals surface area contributed by atoms with E-state index in [9.17, 15) is 4.79 Å². The minimum atomic E-state index is -0.564. The van der Waals surface area contributed by atoms with Gasteiger partial charge in [-0.15, -0.1) is 0 Å². The second-order valence-electron chi connectivity index (χ2n) is 6.20. The van der Waals surface area contributed by atoms with Gasteiger partial charge in [-0.3, -0.25) is 4.79 Å². The van der Waals surface area contributed by atoms with Crippen LogP contribution in [0.25, 0.3) is 0 Å². The summed E-state index contributed by atoms with van der Waals surface area (Å²) in [6, 6.07) is 0. The van der Waals surface area contributed by atoms with Gasteiger partial charge in [0.05, 0.1) is 10.4 Å². The largest absolute Gasteiger partial charge is 0.392 e. The lowest BCUT2D eigenvalue weighted by molar-refractivity contribution is -0.128. The SMILES string of the molecule is NC(=S)C1(C(=O)NCCC2CCC2)CCCCCC1. The second kappa shape index (κ2) is 6.69. The quantitative estimate of drug-likeness (QED) is 0.602. The van der Waals surface area contributed by atoms with Gasteiger partial charge < -0.3 is 11.1 Å². The molecule has 3 N–H and O–H groups in total. The molecule has 0 atom stereocenters. The smallest absolute Gasteiger partial charge is 0.233 e. The van der Waals surface area contributed by atoms with Crippen LogP contribution < -0.4 is 11.1 Å². The van der Waals surface area contributed by atoms with Crippen molar-refractivity contribution >= 4 is 23.1 Å². The molecule has 0 aliphatic heterocycles. The summed E-state index contributed by atoms with van der Waals surface area (Å²) in [6.07, 6.45) is 11.3. The molecule has 2 saturated carbocycles. The molecule has 19 heavy (non-hydrogen) atoms.